The maximum Gasteiger partial charge on any atom is 0.287 e. The van der Waals surface area contributed by atoms with Crippen LogP contribution < -0.4 is 5.32 Å². The molecule has 1 N–H and O–H groups in total. The van der Waals surface area contributed by atoms with Crippen molar-refractivity contribution in [2.45, 2.75) is 31.2 Å². The molecule has 0 aliphatic carbocycles. The number of nitrogens with zero attached hydrogens (tertiary/aromatic N) is 1. The minimum atomic E-state index is -3.66. The van der Waals surface area contributed by atoms with E-state index in [0.29, 0.717) is 0 Å². The van der Waals surface area contributed by atoms with Crippen molar-refractivity contribution < 1.29 is 13.3 Å². The maximum atomic E-state index is 12.1. The number of benzene rings is 1. The normalized spacial score (nSPS) is 12.4. The molecule has 6 nitrogen and oxygen atoms in total. The van der Waals surface area contributed by atoms with Crippen LogP contribution in [0.15, 0.2) is 29.2 Å². The summed E-state index contributed by atoms with van der Waals surface area (Å²) in [4.78, 5) is 9.92. The number of nitro groups is 1. The molecule has 1 aromatic carbocycles. The number of sulfone groups is 1. The first-order chi connectivity index (χ1) is 8.63. The molecule has 0 aliphatic rings. The average molecular weight is 286 g/mol. The zero-order valence-electron chi connectivity index (χ0n) is 11.2. The Balaban J connectivity index is 2.92. The lowest BCUT2D eigenvalue weighted by Crippen LogP contribution is -2.38. The fraction of sp³-hybridized carbons (Fsp3) is 0.500. The molecule has 0 spiro atoms. The Kier molecular flexibility index (Phi) is 4.65. The van der Waals surface area contributed by atoms with Crippen molar-refractivity contribution in [1.82, 2.24) is 5.32 Å². The molecule has 0 unspecified atom stereocenters. The van der Waals surface area contributed by atoms with E-state index in [-0.39, 0.29) is 28.4 Å². The van der Waals surface area contributed by atoms with Gasteiger partial charge in [-0.25, -0.2) is 8.42 Å². The van der Waals surface area contributed by atoms with Gasteiger partial charge >= 0.3 is 0 Å². The SMILES string of the molecule is CC(C)(C)NCCS(=O)(=O)c1ccccc1[N+](=O)[O-]. The lowest BCUT2D eigenvalue weighted by molar-refractivity contribution is -0.387. The molecule has 0 saturated heterocycles. The minimum absolute atomic E-state index is 0.172. The largest absolute Gasteiger partial charge is 0.311 e. The van der Waals surface area contributed by atoms with E-state index in [1.54, 1.807) is 0 Å². The highest BCUT2D eigenvalue weighted by Crippen LogP contribution is 2.23. The second-order valence-electron chi connectivity index (χ2n) is 5.22. The molecule has 0 atom stereocenters. The maximum absolute atomic E-state index is 12.1. The molecule has 1 aromatic rings. The molecule has 106 valence electrons. The van der Waals surface area contributed by atoms with Gasteiger partial charge in [0.15, 0.2) is 9.84 Å². The fourth-order valence-electron chi connectivity index (χ4n) is 1.54. The topological polar surface area (TPSA) is 89.3 Å². The fourth-order valence-corrected chi connectivity index (χ4v) is 2.88. The first-order valence-corrected chi connectivity index (χ1v) is 7.50. The first-order valence-electron chi connectivity index (χ1n) is 5.85. The molecule has 0 bridgehead atoms. The van der Waals surface area contributed by atoms with Gasteiger partial charge in [-0.3, -0.25) is 10.1 Å². The molecule has 0 amide bonds. The average Bonchev–Trinajstić information content (AvgIpc) is 2.27. The standard InChI is InChI=1S/C12H18N2O4S/c1-12(2,3)13-8-9-19(17,18)11-7-5-4-6-10(11)14(15)16/h4-7,13H,8-9H2,1-3H3. The van der Waals surface area contributed by atoms with Gasteiger partial charge < -0.3 is 5.32 Å². The Morgan fingerprint density at radius 2 is 1.84 bits per heavy atom. The number of para-hydroxylation sites is 1. The van der Waals surface area contributed by atoms with Crippen molar-refractivity contribution in [2.24, 2.45) is 0 Å². The molecule has 0 fully saturated rings. The summed E-state index contributed by atoms with van der Waals surface area (Å²) in [5.41, 5.74) is -0.573. The summed E-state index contributed by atoms with van der Waals surface area (Å²) in [5.74, 6) is -0.172. The molecular weight excluding hydrogens is 268 g/mol. The highest BCUT2D eigenvalue weighted by Gasteiger charge is 2.25. The summed E-state index contributed by atoms with van der Waals surface area (Å²) in [6, 6.07) is 5.40. The van der Waals surface area contributed by atoms with Crippen LogP contribution in [0, 0.1) is 10.1 Å². The van der Waals surface area contributed by atoms with Gasteiger partial charge in [0.25, 0.3) is 5.69 Å². The van der Waals surface area contributed by atoms with Gasteiger partial charge in [-0.15, -0.1) is 0 Å². The van der Waals surface area contributed by atoms with Crippen LogP contribution in [-0.2, 0) is 9.84 Å². The number of nitro benzene ring substituents is 1. The molecule has 0 saturated carbocycles. The molecule has 0 heterocycles. The highest BCUT2D eigenvalue weighted by molar-refractivity contribution is 7.91. The molecule has 19 heavy (non-hydrogen) atoms. The first kappa shape index (κ1) is 15.6. The Bertz CT molecular complexity index is 561. The molecule has 0 radical (unpaired) electrons. The van der Waals surface area contributed by atoms with Gasteiger partial charge in [-0.2, -0.15) is 0 Å². The third-order valence-electron chi connectivity index (χ3n) is 2.42. The summed E-state index contributed by atoms with van der Waals surface area (Å²) in [7, 11) is -3.66. The van der Waals surface area contributed by atoms with E-state index in [4.69, 9.17) is 0 Å². The van der Waals surface area contributed by atoms with Crippen molar-refractivity contribution in [2.75, 3.05) is 12.3 Å². The lowest BCUT2D eigenvalue weighted by atomic mass is 10.1. The zero-order chi connectivity index (χ0) is 14.7. The van der Waals surface area contributed by atoms with Gasteiger partial charge in [0.05, 0.1) is 10.7 Å². The van der Waals surface area contributed by atoms with Gasteiger partial charge in [-0.05, 0) is 26.8 Å². The van der Waals surface area contributed by atoms with Crippen molar-refractivity contribution in [3.63, 3.8) is 0 Å². The smallest absolute Gasteiger partial charge is 0.287 e. The van der Waals surface area contributed by atoms with Crippen molar-refractivity contribution in [1.29, 1.82) is 0 Å². The summed E-state index contributed by atoms with van der Waals surface area (Å²) in [5, 5.41) is 13.9. The summed E-state index contributed by atoms with van der Waals surface area (Å²) in [6.07, 6.45) is 0. The number of rotatable bonds is 5. The Morgan fingerprint density at radius 3 is 2.37 bits per heavy atom. The van der Waals surface area contributed by atoms with E-state index in [0.717, 1.165) is 0 Å². The van der Waals surface area contributed by atoms with Crippen LogP contribution in [0.4, 0.5) is 5.69 Å². The second kappa shape index (κ2) is 5.66. The lowest BCUT2D eigenvalue weighted by Gasteiger charge is -2.20. The number of nitrogens with one attached hydrogen (secondary N) is 1. The third-order valence-corrected chi connectivity index (χ3v) is 4.18. The zero-order valence-corrected chi connectivity index (χ0v) is 12.0. The van der Waals surface area contributed by atoms with Crippen molar-refractivity contribution in [3.05, 3.63) is 34.4 Å². The van der Waals surface area contributed by atoms with E-state index in [9.17, 15) is 18.5 Å². The van der Waals surface area contributed by atoms with Gasteiger partial charge in [0.2, 0.25) is 0 Å². The van der Waals surface area contributed by atoms with Gasteiger partial charge in [-0.1, -0.05) is 12.1 Å². The van der Waals surface area contributed by atoms with E-state index in [2.05, 4.69) is 5.32 Å². The van der Waals surface area contributed by atoms with Gasteiger partial charge in [0, 0.05) is 18.2 Å². The second-order valence-corrected chi connectivity index (χ2v) is 7.30. The molecule has 0 aromatic heterocycles. The van der Waals surface area contributed by atoms with Crippen LogP contribution in [0.25, 0.3) is 0 Å². The predicted molar refractivity (Wildman–Crippen MR) is 72.9 cm³/mol. The van der Waals surface area contributed by atoms with Crippen LogP contribution in [0.2, 0.25) is 0 Å². The summed E-state index contributed by atoms with van der Waals surface area (Å²) >= 11 is 0. The van der Waals surface area contributed by atoms with Crippen LogP contribution in [-0.4, -0.2) is 31.2 Å². The highest BCUT2D eigenvalue weighted by atomic mass is 32.2. The number of hydrogen-bond donors (Lipinski definition) is 1. The van der Waals surface area contributed by atoms with Crippen LogP contribution >= 0.6 is 0 Å². The number of hydrogen-bond acceptors (Lipinski definition) is 5. The van der Waals surface area contributed by atoms with E-state index < -0.39 is 14.8 Å². The van der Waals surface area contributed by atoms with Gasteiger partial charge in [0.1, 0.15) is 4.90 Å². The molecule has 0 aliphatic heterocycles. The van der Waals surface area contributed by atoms with Crippen LogP contribution in [0.3, 0.4) is 0 Å². The Labute approximate surface area is 112 Å². The molecule has 1 rings (SSSR count). The Hall–Kier alpha value is -1.47. The third kappa shape index (κ3) is 4.60. The molecular formula is C12H18N2O4S. The Morgan fingerprint density at radius 1 is 1.26 bits per heavy atom. The predicted octanol–water partition coefficient (Wildman–Crippen LogP) is 1.76. The van der Waals surface area contributed by atoms with E-state index in [1.807, 2.05) is 20.8 Å². The van der Waals surface area contributed by atoms with Crippen LogP contribution in [0.1, 0.15) is 20.8 Å². The monoisotopic (exact) mass is 286 g/mol. The van der Waals surface area contributed by atoms with E-state index >= 15 is 0 Å². The summed E-state index contributed by atoms with van der Waals surface area (Å²) < 4.78 is 24.2. The van der Waals surface area contributed by atoms with Crippen molar-refractivity contribution >= 4 is 15.5 Å². The van der Waals surface area contributed by atoms with E-state index in [1.165, 1.54) is 24.3 Å². The van der Waals surface area contributed by atoms with Crippen molar-refractivity contribution in [3.8, 4) is 0 Å². The quantitative estimate of drug-likeness (QED) is 0.658. The summed E-state index contributed by atoms with van der Waals surface area (Å²) in [6.45, 7) is 6.01. The minimum Gasteiger partial charge on any atom is -0.311 e. The van der Waals surface area contributed by atoms with Crippen LogP contribution in [0.5, 0.6) is 0 Å². The molecule has 7 heteroatoms.